The number of sulfonamides is 1. The number of benzene rings is 2. The molecule has 2 atom stereocenters. The molecule has 4 aromatic rings. The number of amides is 2. The first-order valence-corrected chi connectivity index (χ1v) is 22.2. The fourth-order valence-electron chi connectivity index (χ4n) is 9.49. The molecule has 12 heteroatoms. The Morgan fingerprint density at radius 1 is 0.946 bits per heavy atom. The first kappa shape index (κ1) is 38.5. The van der Waals surface area contributed by atoms with Crippen LogP contribution in [0, 0.1) is 5.92 Å². The number of rotatable bonds is 9. The zero-order valence-corrected chi connectivity index (χ0v) is 34.5. The lowest BCUT2D eigenvalue weighted by Crippen LogP contribution is -2.56. The molecular formula is C44H56N6O5S. The van der Waals surface area contributed by atoms with E-state index in [0.717, 1.165) is 89.7 Å². The van der Waals surface area contributed by atoms with E-state index >= 15 is 0 Å². The summed E-state index contributed by atoms with van der Waals surface area (Å²) in [6.07, 6.45) is 12.8. The normalized spacial score (nSPS) is 21.0. The lowest BCUT2D eigenvalue weighted by Gasteiger charge is -2.42. The van der Waals surface area contributed by atoms with Crippen molar-refractivity contribution in [3.05, 3.63) is 70.5 Å². The van der Waals surface area contributed by atoms with Gasteiger partial charge in [0.1, 0.15) is 5.75 Å². The molecular weight excluding hydrogens is 725 g/mol. The minimum atomic E-state index is -3.82. The number of allylic oxidation sites excluding steroid dienone is 1. The Labute approximate surface area is 331 Å². The van der Waals surface area contributed by atoms with E-state index in [0.29, 0.717) is 36.7 Å². The molecule has 0 radical (unpaired) electrons. The number of hydrogen-bond donors (Lipinski definition) is 1. The molecule has 2 aliphatic carbocycles. The third kappa shape index (κ3) is 7.08. The summed E-state index contributed by atoms with van der Waals surface area (Å²) in [5.41, 5.74) is 8.00. The van der Waals surface area contributed by atoms with Crippen molar-refractivity contribution in [1.29, 1.82) is 0 Å². The number of ether oxygens (including phenoxy) is 1. The van der Waals surface area contributed by atoms with Crippen molar-refractivity contribution in [2.45, 2.75) is 110 Å². The number of fused-ring (bicyclic) bond motifs is 5. The minimum absolute atomic E-state index is 0.00423. The second-order valence-corrected chi connectivity index (χ2v) is 18.9. The van der Waals surface area contributed by atoms with Gasteiger partial charge in [-0.15, -0.1) is 0 Å². The first-order chi connectivity index (χ1) is 26.8. The van der Waals surface area contributed by atoms with Crippen molar-refractivity contribution in [3.8, 4) is 17.0 Å². The fourth-order valence-corrected chi connectivity index (χ4v) is 10.9. The van der Waals surface area contributed by atoms with Crippen LogP contribution < -0.4 is 9.46 Å². The maximum Gasteiger partial charge on any atom is 0.264 e. The molecule has 1 N–H and O–H groups in total. The van der Waals surface area contributed by atoms with E-state index in [4.69, 9.17) is 9.84 Å². The predicted octanol–water partition coefficient (Wildman–Crippen LogP) is 7.72. The highest BCUT2D eigenvalue weighted by molar-refractivity contribution is 7.90. The van der Waals surface area contributed by atoms with Gasteiger partial charge >= 0.3 is 0 Å². The zero-order chi connectivity index (χ0) is 39.5. The van der Waals surface area contributed by atoms with Crippen molar-refractivity contribution in [1.82, 2.24) is 28.9 Å². The maximum absolute atomic E-state index is 14.7. The highest BCUT2D eigenvalue weighted by atomic mass is 32.2. The van der Waals surface area contributed by atoms with Gasteiger partial charge in [0.25, 0.3) is 11.8 Å². The average Bonchev–Trinajstić information content (AvgIpc) is 3.65. The van der Waals surface area contributed by atoms with Crippen molar-refractivity contribution in [3.63, 3.8) is 0 Å². The van der Waals surface area contributed by atoms with E-state index in [2.05, 4.69) is 58.0 Å². The van der Waals surface area contributed by atoms with Gasteiger partial charge in [0.05, 0.1) is 48.6 Å². The number of carbonyl (C=O) groups excluding carboxylic acids is 2. The Kier molecular flexibility index (Phi) is 10.4. The van der Waals surface area contributed by atoms with Gasteiger partial charge in [-0.1, -0.05) is 39.2 Å². The third-order valence-electron chi connectivity index (χ3n) is 12.7. The summed E-state index contributed by atoms with van der Waals surface area (Å²) in [5.74, 6) is 0.166. The topological polar surface area (TPSA) is 119 Å². The molecule has 2 aliphatic heterocycles. The lowest BCUT2D eigenvalue weighted by atomic mass is 9.81. The van der Waals surface area contributed by atoms with Crippen LogP contribution in [0.2, 0.25) is 0 Å². The number of methoxy groups -OCH3 is 1. The number of likely N-dealkylation sites (N-methyl/N-ethyl adjacent to an activating group) is 1. The second-order valence-electron chi connectivity index (χ2n) is 17.2. The Balaban J connectivity index is 1.33. The highest BCUT2D eigenvalue weighted by Gasteiger charge is 2.36. The summed E-state index contributed by atoms with van der Waals surface area (Å²) in [6, 6.07) is 12.5. The second kappa shape index (κ2) is 15.2. The molecule has 4 heterocycles. The van der Waals surface area contributed by atoms with Crippen LogP contribution in [0.5, 0.6) is 5.75 Å². The van der Waals surface area contributed by atoms with Crippen LogP contribution in [0.15, 0.2) is 42.6 Å². The number of piperazine rings is 1. The van der Waals surface area contributed by atoms with Gasteiger partial charge < -0.3 is 14.2 Å². The number of nitrogens with zero attached hydrogens (tertiary/aromatic N) is 5. The summed E-state index contributed by atoms with van der Waals surface area (Å²) in [5, 5.41) is 6.04. The van der Waals surface area contributed by atoms with Crippen LogP contribution in [-0.2, 0) is 16.6 Å². The Bertz CT molecular complexity index is 2300. The van der Waals surface area contributed by atoms with Crippen molar-refractivity contribution < 1.29 is 22.7 Å². The molecule has 2 saturated carbocycles. The average molecular weight is 781 g/mol. The summed E-state index contributed by atoms with van der Waals surface area (Å²) < 4.78 is 38.4. The van der Waals surface area contributed by atoms with Gasteiger partial charge in [-0.3, -0.25) is 19.2 Å². The Morgan fingerprint density at radius 2 is 1.68 bits per heavy atom. The standard InChI is InChI=1S/C44H56N6O5S/c1-27(2)26-56(53,54)46-43(51)31-15-17-37-39(21-31)49-25-33(19-32-20-35(55-6)16-18-36(32)42(49)40(37)30-11-8-7-9-12-30)41-38(22-45-50(41)34-13-10-14-34)44(52)48-23-28(3)47(5)29(4)24-48/h15-22,27-30,34H,7-14,23-26H2,1-6H3,(H,46,51)/t28-,29+. The Hall–Kier alpha value is -4.42. The molecule has 0 bridgehead atoms. The SMILES string of the molecule is COc1ccc2c(c1)C=C(c1c(C(=O)N3C[C@@H](C)N(C)[C@@H](C)C3)cnn1C1CCC1)Cn1c-2c(C2CCCCC2)c2ccc(C(=O)NS(=O)(=O)CC(C)C)cc21. The van der Waals surface area contributed by atoms with Crippen LogP contribution in [-0.4, -0.2) is 89.5 Å². The number of nitrogens with one attached hydrogen (secondary N) is 1. The van der Waals surface area contributed by atoms with Crippen molar-refractivity contribution >= 4 is 44.4 Å². The summed E-state index contributed by atoms with van der Waals surface area (Å²) in [7, 11) is -0.0127. The number of hydrogen-bond acceptors (Lipinski definition) is 7. The fraction of sp³-hybridized carbons (Fsp3) is 0.523. The van der Waals surface area contributed by atoms with Crippen LogP contribution in [0.1, 0.15) is 129 Å². The minimum Gasteiger partial charge on any atom is -0.497 e. The zero-order valence-electron chi connectivity index (χ0n) is 33.7. The van der Waals surface area contributed by atoms with E-state index in [-0.39, 0.29) is 35.7 Å². The van der Waals surface area contributed by atoms with E-state index in [1.807, 2.05) is 36.9 Å². The largest absolute Gasteiger partial charge is 0.497 e. The Morgan fingerprint density at radius 3 is 2.34 bits per heavy atom. The van der Waals surface area contributed by atoms with E-state index in [9.17, 15) is 18.0 Å². The van der Waals surface area contributed by atoms with E-state index < -0.39 is 15.9 Å². The van der Waals surface area contributed by atoms with Crippen molar-refractivity contribution in [2.24, 2.45) is 5.92 Å². The van der Waals surface area contributed by atoms with Crippen LogP contribution in [0.4, 0.5) is 0 Å². The molecule has 0 unspecified atom stereocenters. The smallest absolute Gasteiger partial charge is 0.264 e. The third-order valence-corrected chi connectivity index (χ3v) is 14.4. The quantitative estimate of drug-likeness (QED) is 0.185. The van der Waals surface area contributed by atoms with Gasteiger partial charge in [-0.25, -0.2) is 13.1 Å². The first-order valence-electron chi connectivity index (χ1n) is 20.5. The summed E-state index contributed by atoms with van der Waals surface area (Å²) in [4.78, 5) is 32.7. The van der Waals surface area contributed by atoms with Gasteiger partial charge in [-0.2, -0.15) is 5.10 Å². The lowest BCUT2D eigenvalue weighted by molar-refractivity contribution is 0.0413. The van der Waals surface area contributed by atoms with E-state index in [1.165, 1.54) is 12.0 Å². The monoisotopic (exact) mass is 780 g/mol. The van der Waals surface area contributed by atoms with Crippen LogP contribution in [0.25, 0.3) is 33.8 Å². The molecule has 2 amide bonds. The number of carbonyl (C=O) groups is 2. The molecule has 56 heavy (non-hydrogen) atoms. The molecule has 2 aromatic heterocycles. The highest BCUT2D eigenvalue weighted by Crippen LogP contribution is 2.48. The van der Waals surface area contributed by atoms with Crippen LogP contribution >= 0.6 is 0 Å². The summed E-state index contributed by atoms with van der Waals surface area (Å²) >= 11 is 0. The number of aromatic nitrogens is 3. The summed E-state index contributed by atoms with van der Waals surface area (Å²) in [6.45, 7) is 9.69. The van der Waals surface area contributed by atoms with Gasteiger partial charge in [0, 0.05) is 47.2 Å². The van der Waals surface area contributed by atoms with Gasteiger partial charge in [-0.05, 0) is 118 Å². The molecule has 3 fully saturated rings. The van der Waals surface area contributed by atoms with Gasteiger partial charge in [0.2, 0.25) is 10.0 Å². The molecule has 4 aliphatic rings. The van der Waals surface area contributed by atoms with Gasteiger partial charge in [0.15, 0.2) is 0 Å². The van der Waals surface area contributed by atoms with Crippen molar-refractivity contribution in [2.75, 3.05) is 33.0 Å². The predicted molar refractivity (Wildman–Crippen MR) is 221 cm³/mol. The molecule has 11 nitrogen and oxygen atoms in total. The van der Waals surface area contributed by atoms with E-state index in [1.54, 1.807) is 19.4 Å². The molecule has 0 spiro atoms. The molecule has 1 saturated heterocycles. The molecule has 298 valence electrons. The maximum atomic E-state index is 14.7. The van der Waals surface area contributed by atoms with Crippen LogP contribution in [0.3, 0.4) is 0 Å². The molecule has 2 aromatic carbocycles. The molecule has 8 rings (SSSR count).